The van der Waals surface area contributed by atoms with Crippen molar-refractivity contribution >= 4 is 28.9 Å². The van der Waals surface area contributed by atoms with Gasteiger partial charge in [-0.3, -0.25) is 4.79 Å². The Morgan fingerprint density at radius 1 is 1.46 bits per heavy atom. The summed E-state index contributed by atoms with van der Waals surface area (Å²) in [5, 5.41) is 12.8. The SMILES string of the molecule is CC(C)C[C@@H](C(=O)N[C@H]1CCOC1O)N(C(N)=S)c1ccccc1. The molecule has 6 nitrogen and oxygen atoms in total. The maximum absolute atomic E-state index is 12.9. The minimum atomic E-state index is -0.969. The van der Waals surface area contributed by atoms with Crippen LogP contribution in [-0.4, -0.2) is 41.1 Å². The molecule has 132 valence electrons. The minimum absolute atomic E-state index is 0.144. The van der Waals surface area contributed by atoms with Gasteiger partial charge in [0.15, 0.2) is 11.4 Å². The molecule has 0 radical (unpaired) electrons. The maximum atomic E-state index is 12.9. The second kappa shape index (κ2) is 8.41. The van der Waals surface area contributed by atoms with Crippen LogP contribution < -0.4 is 16.0 Å². The number of rotatable bonds is 6. The van der Waals surface area contributed by atoms with E-state index in [0.717, 1.165) is 5.69 Å². The highest BCUT2D eigenvalue weighted by Gasteiger charge is 2.34. The van der Waals surface area contributed by atoms with Gasteiger partial charge < -0.3 is 25.8 Å². The molecule has 1 heterocycles. The van der Waals surface area contributed by atoms with Crippen LogP contribution >= 0.6 is 12.2 Å². The molecule has 3 atom stereocenters. The fourth-order valence-corrected chi connectivity index (χ4v) is 3.06. The third kappa shape index (κ3) is 4.66. The molecule has 24 heavy (non-hydrogen) atoms. The number of carbonyl (C=O) groups excluding carboxylic acids is 1. The van der Waals surface area contributed by atoms with Crippen molar-refractivity contribution in [2.75, 3.05) is 11.5 Å². The van der Waals surface area contributed by atoms with Gasteiger partial charge in [-0.15, -0.1) is 0 Å². The Morgan fingerprint density at radius 3 is 2.62 bits per heavy atom. The third-order valence-electron chi connectivity index (χ3n) is 3.97. The Kier molecular flexibility index (Phi) is 6.53. The number of hydrogen-bond acceptors (Lipinski definition) is 4. The van der Waals surface area contributed by atoms with E-state index < -0.39 is 18.4 Å². The van der Waals surface area contributed by atoms with Gasteiger partial charge in [0, 0.05) is 5.69 Å². The van der Waals surface area contributed by atoms with Gasteiger partial charge in [0.25, 0.3) is 0 Å². The zero-order chi connectivity index (χ0) is 17.7. The lowest BCUT2D eigenvalue weighted by Crippen LogP contribution is -2.55. The number of para-hydroxylation sites is 1. The van der Waals surface area contributed by atoms with Gasteiger partial charge in [-0.05, 0) is 43.1 Å². The molecular formula is C17H25N3O3S. The number of amides is 1. The Labute approximate surface area is 148 Å². The Bertz CT molecular complexity index is 567. The molecule has 1 fully saturated rings. The number of nitrogens with one attached hydrogen (secondary N) is 1. The molecule has 0 saturated carbocycles. The molecule has 1 aromatic carbocycles. The molecule has 0 spiro atoms. The fourth-order valence-electron chi connectivity index (χ4n) is 2.82. The monoisotopic (exact) mass is 351 g/mol. The summed E-state index contributed by atoms with van der Waals surface area (Å²) < 4.78 is 5.10. The minimum Gasteiger partial charge on any atom is -0.376 e. The summed E-state index contributed by atoms with van der Waals surface area (Å²) in [5.41, 5.74) is 6.69. The highest BCUT2D eigenvalue weighted by molar-refractivity contribution is 7.80. The highest BCUT2D eigenvalue weighted by Crippen LogP contribution is 2.22. The van der Waals surface area contributed by atoms with Crippen LogP contribution in [-0.2, 0) is 9.53 Å². The van der Waals surface area contributed by atoms with E-state index in [9.17, 15) is 9.90 Å². The van der Waals surface area contributed by atoms with Crippen molar-refractivity contribution in [3.05, 3.63) is 30.3 Å². The molecule has 1 aromatic rings. The molecular weight excluding hydrogens is 326 g/mol. The topological polar surface area (TPSA) is 87.8 Å². The number of nitrogens with two attached hydrogens (primary N) is 1. The Balaban J connectivity index is 2.24. The van der Waals surface area contributed by atoms with E-state index in [2.05, 4.69) is 5.32 Å². The molecule has 1 amide bonds. The normalized spacial score (nSPS) is 21.5. The van der Waals surface area contributed by atoms with E-state index in [0.29, 0.717) is 19.4 Å². The van der Waals surface area contributed by atoms with Gasteiger partial charge >= 0.3 is 0 Å². The van der Waals surface area contributed by atoms with Crippen LogP contribution in [0.4, 0.5) is 5.69 Å². The lowest BCUT2D eigenvalue weighted by molar-refractivity contribution is -0.126. The van der Waals surface area contributed by atoms with Crippen molar-refractivity contribution in [1.29, 1.82) is 0 Å². The summed E-state index contributed by atoms with van der Waals surface area (Å²) in [6, 6.07) is 8.43. The van der Waals surface area contributed by atoms with Gasteiger partial charge in [0.05, 0.1) is 12.6 Å². The van der Waals surface area contributed by atoms with Crippen LogP contribution in [0.15, 0.2) is 30.3 Å². The summed E-state index contributed by atoms with van der Waals surface area (Å²) in [5.74, 6) is 0.0565. The summed E-state index contributed by atoms with van der Waals surface area (Å²) in [4.78, 5) is 14.5. The summed E-state index contributed by atoms with van der Waals surface area (Å²) >= 11 is 5.20. The first-order valence-corrected chi connectivity index (χ1v) is 8.54. The maximum Gasteiger partial charge on any atom is 0.243 e. The molecule has 7 heteroatoms. The zero-order valence-corrected chi connectivity index (χ0v) is 14.8. The van der Waals surface area contributed by atoms with Gasteiger partial charge in [0.1, 0.15) is 6.04 Å². The molecule has 1 saturated heterocycles. The van der Waals surface area contributed by atoms with E-state index in [1.54, 1.807) is 4.90 Å². The van der Waals surface area contributed by atoms with Crippen LogP contribution in [0.5, 0.6) is 0 Å². The lowest BCUT2D eigenvalue weighted by atomic mass is 10.0. The van der Waals surface area contributed by atoms with Gasteiger partial charge in [-0.2, -0.15) is 0 Å². The molecule has 1 unspecified atom stereocenters. The standard InChI is InChI=1S/C17H25N3O3S/c1-11(2)10-14(15(21)19-13-8-9-23-16(13)22)20(17(18)24)12-6-4-3-5-7-12/h3-7,11,13-14,16,22H,8-10H2,1-2H3,(H2,18,24)(H,19,21)/t13-,14-,16?/m0/s1. The molecule has 0 bridgehead atoms. The zero-order valence-electron chi connectivity index (χ0n) is 14.0. The third-order valence-corrected chi connectivity index (χ3v) is 4.17. The second-order valence-corrected chi connectivity index (χ2v) is 6.77. The number of aliphatic hydroxyl groups is 1. The average Bonchev–Trinajstić information content (AvgIpc) is 2.92. The van der Waals surface area contributed by atoms with E-state index in [4.69, 9.17) is 22.7 Å². The van der Waals surface area contributed by atoms with Gasteiger partial charge in [-0.25, -0.2) is 0 Å². The van der Waals surface area contributed by atoms with Crippen LogP contribution in [0.1, 0.15) is 26.7 Å². The van der Waals surface area contributed by atoms with E-state index in [1.807, 2.05) is 44.2 Å². The smallest absolute Gasteiger partial charge is 0.243 e. The summed E-state index contributed by atoms with van der Waals surface area (Å²) in [6.07, 6.45) is 0.199. The molecule has 2 rings (SSSR count). The average molecular weight is 351 g/mol. The number of anilines is 1. The van der Waals surface area contributed by atoms with Crippen LogP contribution in [0, 0.1) is 5.92 Å². The summed E-state index contributed by atoms with van der Waals surface area (Å²) in [6.45, 7) is 4.51. The van der Waals surface area contributed by atoms with E-state index in [-0.39, 0.29) is 16.9 Å². The first kappa shape index (κ1) is 18.6. The Hall–Kier alpha value is -1.70. The number of aliphatic hydroxyl groups excluding tert-OH is 1. The highest BCUT2D eigenvalue weighted by atomic mass is 32.1. The first-order valence-electron chi connectivity index (χ1n) is 8.14. The van der Waals surface area contributed by atoms with Gasteiger partial charge in [-0.1, -0.05) is 32.0 Å². The Morgan fingerprint density at radius 2 is 2.12 bits per heavy atom. The number of thiocarbonyl (C=S) groups is 1. The van der Waals surface area contributed by atoms with Crippen molar-refractivity contribution in [3.8, 4) is 0 Å². The molecule has 0 aromatic heterocycles. The van der Waals surface area contributed by atoms with Crippen LogP contribution in [0.3, 0.4) is 0 Å². The quantitative estimate of drug-likeness (QED) is 0.671. The molecule has 0 aliphatic carbocycles. The van der Waals surface area contributed by atoms with Crippen LogP contribution in [0.2, 0.25) is 0 Å². The number of nitrogens with zero attached hydrogens (tertiary/aromatic N) is 1. The lowest BCUT2D eigenvalue weighted by Gasteiger charge is -2.33. The van der Waals surface area contributed by atoms with Crippen molar-refractivity contribution < 1.29 is 14.6 Å². The van der Waals surface area contributed by atoms with E-state index in [1.165, 1.54) is 0 Å². The number of ether oxygens (including phenoxy) is 1. The van der Waals surface area contributed by atoms with E-state index >= 15 is 0 Å². The van der Waals surface area contributed by atoms with Gasteiger partial charge in [0.2, 0.25) is 5.91 Å². The molecule has 1 aliphatic heterocycles. The van der Waals surface area contributed by atoms with Crippen molar-refractivity contribution in [1.82, 2.24) is 5.32 Å². The second-order valence-electron chi connectivity index (χ2n) is 6.35. The van der Waals surface area contributed by atoms with Crippen molar-refractivity contribution in [2.24, 2.45) is 11.7 Å². The van der Waals surface area contributed by atoms with Crippen molar-refractivity contribution in [3.63, 3.8) is 0 Å². The number of hydrogen-bond donors (Lipinski definition) is 3. The van der Waals surface area contributed by atoms with Crippen LogP contribution in [0.25, 0.3) is 0 Å². The first-order chi connectivity index (χ1) is 11.4. The fraction of sp³-hybridized carbons (Fsp3) is 0.529. The predicted molar refractivity (Wildman–Crippen MR) is 97.5 cm³/mol. The number of carbonyl (C=O) groups is 1. The predicted octanol–water partition coefficient (Wildman–Crippen LogP) is 1.37. The van der Waals surface area contributed by atoms with Crippen molar-refractivity contribution in [2.45, 2.75) is 45.1 Å². The molecule has 4 N–H and O–H groups in total. The largest absolute Gasteiger partial charge is 0.376 e. The molecule has 1 aliphatic rings. The summed E-state index contributed by atoms with van der Waals surface area (Å²) in [7, 11) is 0. The number of benzene rings is 1.